The van der Waals surface area contributed by atoms with Crippen molar-refractivity contribution in [3.8, 4) is 61.3 Å². The third-order valence-electron chi connectivity index (χ3n) is 18.0. The molecule has 17 rings (SSSR count). The van der Waals surface area contributed by atoms with Crippen molar-refractivity contribution in [2.75, 3.05) is 4.90 Å². The zero-order chi connectivity index (χ0) is 52.1. The van der Waals surface area contributed by atoms with Gasteiger partial charge in [-0.2, -0.15) is 0 Å². The number of nitrogens with zero attached hydrogens (tertiary/aromatic N) is 2. The first-order chi connectivity index (χ1) is 38.9. The van der Waals surface area contributed by atoms with E-state index in [1.165, 1.54) is 88.7 Å². The van der Waals surface area contributed by atoms with E-state index in [1.807, 2.05) is 0 Å². The fourth-order valence-corrected chi connectivity index (χ4v) is 14.5. The molecule has 370 valence electrons. The number of furan rings is 1. The van der Waals surface area contributed by atoms with Gasteiger partial charge in [-0.3, -0.25) is 0 Å². The van der Waals surface area contributed by atoms with Gasteiger partial charge < -0.3 is 13.9 Å². The second kappa shape index (κ2) is 16.3. The standard InChI is InChI=1S/C76H50N2O/c1-75(2)62-26-12-6-20-54(62)57-42-41-53(45-66(57)75)77(51-37-32-48(33-38-51)47-18-4-3-5-19-47)52-39-34-49(35-40-52)50-36-43-69-61(44-50)58-23-10-16-30-68(58)78(69)70-46-67-72(73-60-25-11-17-31-71(60)79-74(70)73)59-24-9-15-29-65(59)76(67)63-27-13-7-21-55(63)56-22-8-14-28-64(56)76/h3-46H,1-2H3. The average molecular weight is 1010 g/mol. The van der Waals surface area contributed by atoms with E-state index in [2.05, 4.69) is 290 Å². The van der Waals surface area contributed by atoms with Crippen LogP contribution in [-0.2, 0) is 10.8 Å². The first-order valence-corrected chi connectivity index (χ1v) is 27.6. The molecule has 79 heavy (non-hydrogen) atoms. The van der Waals surface area contributed by atoms with Crippen LogP contribution in [0.15, 0.2) is 271 Å². The molecule has 3 nitrogen and oxygen atoms in total. The lowest BCUT2D eigenvalue weighted by Gasteiger charge is -2.30. The summed E-state index contributed by atoms with van der Waals surface area (Å²) in [6.45, 7) is 4.72. The predicted molar refractivity (Wildman–Crippen MR) is 327 cm³/mol. The van der Waals surface area contributed by atoms with E-state index >= 15 is 0 Å². The second-order valence-electron chi connectivity index (χ2n) is 22.3. The van der Waals surface area contributed by atoms with Crippen LogP contribution in [0.3, 0.4) is 0 Å². The third kappa shape index (κ3) is 6.02. The lowest BCUT2D eigenvalue weighted by molar-refractivity contribution is 0.660. The number of aromatic nitrogens is 1. The Morgan fingerprint density at radius 2 is 0.835 bits per heavy atom. The van der Waals surface area contributed by atoms with Crippen molar-refractivity contribution in [3.05, 3.63) is 300 Å². The smallest absolute Gasteiger partial charge is 0.160 e. The van der Waals surface area contributed by atoms with Gasteiger partial charge in [-0.15, -0.1) is 0 Å². The summed E-state index contributed by atoms with van der Waals surface area (Å²) in [6.07, 6.45) is 0. The maximum Gasteiger partial charge on any atom is 0.160 e. The summed E-state index contributed by atoms with van der Waals surface area (Å²) in [5.74, 6) is 0. The first-order valence-electron chi connectivity index (χ1n) is 27.6. The van der Waals surface area contributed by atoms with Crippen LogP contribution in [0.2, 0.25) is 0 Å². The minimum absolute atomic E-state index is 0.128. The van der Waals surface area contributed by atoms with Gasteiger partial charge in [0, 0.05) is 44.0 Å². The molecule has 12 aromatic carbocycles. The molecule has 3 heteroatoms. The lowest BCUT2D eigenvalue weighted by Crippen LogP contribution is -2.26. The van der Waals surface area contributed by atoms with Crippen LogP contribution in [-0.4, -0.2) is 4.57 Å². The lowest BCUT2D eigenvalue weighted by atomic mass is 9.70. The number of hydrogen-bond acceptors (Lipinski definition) is 2. The molecule has 0 amide bonds. The SMILES string of the molecule is CC1(C)c2ccccc2-c2ccc(N(c3ccc(-c4ccccc4)cc3)c3ccc(-c4ccc5c(c4)c4ccccc4n5-c4cc5c(c6c4oc4ccccc46)-c4ccccc4C54c5ccccc5-c5ccccc54)cc3)cc21. The summed E-state index contributed by atoms with van der Waals surface area (Å²) in [5, 5.41) is 4.68. The molecule has 0 saturated carbocycles. The Hall–Kier alpha value is -9.96. The van der Waals surface area contributed by atoms with Gasteiger partial charge in [0.25, 0.3) is 0 Å². The van der Waals surface area contributed by atoms with E-state index in [9.17, 15) is 0 Å². The van der Waals surface area contributed by atoms with Crippen LogP contribution < -0.4 is 4.90 Å². The van der Waals surface area contributed by atoms with E-state index in [-0.39, 0.29) is 5.41 Å². The Morgan fingerprint density at radius 3 is 1.53 bits per heavy atom. The van der Waals surface area contributed by atoms with E-state index in [4.69, 9.17) is 4.42 Å². The number of para-hydroxylation sites is 2. The van der Waals surface area contributed by atoms with E-state index in [1.54, 1.807) is 0 Å². The summed E-state index contributed by atoms with van der Waals surface area (Å²) in [4.78, 5) is 2.41. The zero-order valence-electron chi connectivity index (χ0n) is 43.7. The highest BCUT2D eigenvalue weighted by molar-refractivity contribution is 6.20. The number of fused-ring (bicyclic) bond motifs is 20. The van der Waals surface area contributed by atoms with Crippen molar-refractivity contribution in [1.29, 1.82) is 0 Å². The molecule has 0 saturated heterocycles. The first kappa shape index (κ1) is 44.2. The highest BCUT2D eigenvalue weighted by Crippen LogP contribution is 2.65. The molecule has 2 aromatic heterocycles. The molecule has 0 bridgehead atoms. The van der Waals surface area contributed by atoms with Gasteiger partial charge in [0.1, 0.15) is 5.58 Å². The van der Waals surface area contributed by atoms with Crippen LogP contribution in [0.1, 0.15) is 47.2 Å². The van der Waals surface area contributed by atoms with Crippen molar-refractivity contribution in [2.45, 2.75) is 24.7 Å². The quantitative estimate of drug-likeness (QED) is 0.166. The maximum atomic E-state index is 7.17. The van der Waals surface area contributed by atoms with E-state index in [0.29, 0.717) is 0 Å². The molecule has 2 heterocycles. The Balaban J connectivity index is 0.831. The van der Waals surface area contributed by atoms with Crippen LogP contribution in [0.5, 0.6) is 0 Å². The van der Waals surface area contributed by atoms with Gasteiger partial charge in [-0.1, -0.05) is 214 Å². The minimum Gasteiger partial charge on any atom is -0.454 e. The van der Waals surface area contributed by atoms with Gasteiger partial charge >= 0.3 is 0 Å². The Labute approximate surface area is 458 Å². The van der Waals surface area contributed by atoms with Gasteiger partial charge in [-0.05, 0) is 156 Å². The maximum absolute atomic E-state index is 7.17. The molecule has 0 aliphatic heterocycles. The Bertz CT molecular complexity index is 4810. The molecule has 0 fully saturated rings. The normalized spacial score (nSPS) is 13.9. The third-order valence-corrected chi connectivity index (χ3v) is 18.0. The fraction of sp³-hybridized carbons (Fsp3) is 0.0526. The van der Waals surface area contributed by atoms with Crippen molar-refractivity contribution < 1.29 is 4.42 Å². The summed E-state index contributed by atoms with van der Waals surface area (Å²) in [7, 11) is 0. The number of benzene rings is 12. The molecule has 3 aliphatic carbocycles. The molecule has 14 aromatic rings. The van der Waals surface area contributed by atoms with Crippen LogP contribution in [0.25, 0.3) is 105 Å². The zero-order valence-corrected chi connectivity index (χ0v) is 43.7. The monoisotopic (exact) mass is 1010 g/mol. The van der Waals surface area contributed by atoms with Crippen LogP contribution >= 0.6 is 0 Å². The van der Waals surface area contributed by atoms with Crippen molar-refractivity contribution >= 4 is 60.8 Å². The van der Waals surface area contributed by atoms with Gasteiger partial charge in [0.2, 0.25) is 0 Å². The molecule has 3 aliphatic rings. The summed E-state index contributed by atoms with van der Waals surface area (Å²) in [5.41, 5.74) is 28.2. The van der Waals surface area contributed by atoms with Crippen molar-refractivity contribution in [2.24, 2.45) is 0 Å². The molecule has 1 spiro atoms. The van der Waals surface area contributed by atoms with E-state index < -0.39 is 5.41 Å². The molecular weight excluding hydrogens is 957 g/mol. The van der Waals surface area contributed by atoms with Gasteiger partial charge in [0.15, 0.2) is 5.58 Å². The van der Waals surface area contributed by atoms with Crippen LogP contribution in [0.4, 0.5) is 17.1 Å². The number of anilines is 3. The van der Waals surface area contributed by atoms with E-state index in [0.717, 1.165) is 66.8 Å². The number of rotatable bonds is 6. The largest absolute Gasteiger partial charge is 0.454 e. The molecule has 0 atom stereocenters. The molecule has 0 unspecified atom stereocenters. The Kier molecular flexibility index (Phi) is 9.11. The van der Waals surface area contributed by atoms with Crippen LogP contribution in [0, 0.1) is 0 Å². The Morgan fingerprint density at radius 1 is 0.342 bits per heavy atom. The topological polar surface area (TPSA) is 21.3 Å². The highest BCUT2D eigenvalue weighted by Gasteiger charge is 2.53. The number of hydrogen-bond donors (Lipinski definition) is 0. The summed E-state index contributed by atoms with van der Waals surface area (Å²) < 4.78 is 9.65. The average Bonchev–Trinajstić information content (AvgIpc) is 3.89. The second-order valence-corrected chi connectivity index (χ2v) is 22.3. The van der Waals surface area contributed by atoms with Crippen molar-refractivity contribution in [1.82, 2.24) is 4.57 Å². The molecular formula is C76H50N2O. The summed E-state index contributed by atoms with van der Waals surface area (Å²) >= 11 is 0. The van der Waals surface area contributed by atoms with Gasteiger partial charge in [0.05, 0.1) is 22.1 Å². The summed E-state index contributed by atoms with van der Waals surface area (Å²) in [6, 6.07) is 99.0. The minimum atomic E-state index is -0.525. The van der Waals surface area contributed by atoms with Crippen molar-refractivity contribution in [3.63, 3.8) is 0 Å². The van der Waals surface area contributed by atoms with Gasteiger partial charge in [-0.25, -0.2) is 0 Å². The predicted octanol–water partition coefficient (Wildman–Crippen LogP) is 20.1. The highest BCUT2D eigenvalue weighted by atomic mass is 16.3. The molecule has 0 radical (unpaired) electrons. The fourth-order valence-electron chi connectivity index (χ4n) is 14.5. The molecule has 0 N–H and O–H groups in total.